The number of hydrogen-bond donors (Lipinski definition) is 0. The second-order valence-corrected chi connectivity index (χ2v) is 6.92. The van der Waals surface area contributed by atoms with Crippen molar-refractivity contribution in [2.24, 2.45) is 5.41 Å². The van der Waals surface area contributed by atoms with Crippen LogP contribution < -0.4 is 0 Å². The van der Waals surface area contributed by atoms with Crippen LogP contribution in [0.15, 0.2) is 12.1 Å². The molecule has 2 nitrogen and oxygen atoms in total. The fraction of sp³-hybridized carbons (Fsp3) is 0.562. The Morgan fingerprint density at radius 3 is 2.57 bits per heavy atom. The maximum absolute atomic E-state index is 12.0. The fourth-order valence-electron chi connectivity index (χ4n) is 2.51. The third-order valence-corrected chi connectivity index (χ3v) is 5.27. The molecule has 0 bridgehead atoms. The van der Waals surface area contributed by atoms with E-state index in [1.807, 2.05) is 0 Å². The van der Waals surface area contributed by atoms with Gasteiger partial charge < -0.3 is 4.74 Å². The Morgan fingerprint density at radius 2 is 1.95 bits per heavy atom. The van der Waals surface area contributed by atoms with Gasteiger partial charge in [-0.2, -0.15) is 0 Å². The van der Waals surface area contributed by atoms with Crippen molar-refractivity contribution in [3.8, 4) is 0 Å². The molecule has 1 aromatic rings. The van der Waals surface area contributed by atoms with Gasteiger partial charge in [0.15, 0.2) is 0 Å². The van der Waals surface area contributed by atoms with E-state index in [1.54, 1.807) is 0 Å². The molecule has 0 aliphatic heterocycles. The molecular formula is C16H19Cl3O2. The minimum Gasteiger partial charge on any atom is -0.462 e. The van der Waals surface area contributed by atoms with E-state index in [-0.39, 0.29) is 15.6 Å². The van der Waals surface area contributed by atoms with Crippen molar-refractivity contribution in [3.05, 3.63) is 32.8 Å². The molecule has 0 N–H and O–H groups in total. The predicted octanol–water partition coefficient (Wildman–Crippen LogP) is 6.16. The maximum atomic E-state index is 12.0. The van der Waals surface area contributed by atoms with Gasteiger partial charge in [-0.15, -0.1) is 0 Å². The molecule has 1 fully saturated rings. The van der Waals surface area contributed by atoms with Crippen molar-refractivity contribution < 1.29 is 9.53 Å². The number of rotatable bonds is 7. The summed E-state index contributed by atoms with van der Waals surface area (Å²) in [7, 11) is 0. The zero-order chi connectivity index (χ0) is 15.5. The van der Waals surface area contributed by atoms with Crippen molar-refractivity contribution in [2.45, 2.75) is 45.4 Å². The van der Waals surface area contributed by atoms with Gasteiger partial charge in [0.1, 0.15) is 0 Å². The molecule has 0 saturated heterocycles. The summed E-state index contributed by atoms with van der Waals surface area (Å²) in [6.45, 7) is 2.65. The van der Waals surface area contributed by atoms with Gasteiger partial charge in [-0.1, -0.05) is 48.1 Å². The first-order valence-corrected chi connectivity index (χ1v) is 8.42. The monoisotopic (exact) mass is 348 g/mol. The van der Waals surface area contributed by atoms with Crippen molar-refractivity contribution in [1.29, 1.82) is 0 Å². The highest BCUT2D eigenvalue weighted by Crippen LogP contribution is 2.52. The summed E-state index contributed by atoms with van der Waals surface area (Å²) in [5.74, 6) is -0.471. The van der Waals surface area contributed by atoms with Gasteiger partial charge in [-0.25, -0.2) is 4.79 Å². The average Bonchev–Trinajstić information content (AvgIpc) is 3.22. The zero-order valence-electron chi connectivity index (χ0n) is 12.1. The van der Waals surface area contributed by atoms with Crippen LogP contribution in [-0.4, -0.2) is 12.6 Å². The highest BCUT2D eigenvalue weighted by molar-refractivity contribution is 6.45. The summed E-state index contributed by atoms with van der Waals surface area (Å²) < 4.78 is 5.25. The second-order valence-electron chi connectivity index (χ2n) is 5.70. The smallest absolute Gasteiger partial charge is 0.339 e. The fourth-order valence-corrected chi connectivity index (χ4v) is 3.19. The lowest BCUT2D eigenvalue weighted by atomic mass is 9.96. The Kier molecular flexibility index (Phi) is 5.81. The Labute approximate surface area is 140 Å². The van der Waals surface area contributed by atoms with Crippen LogP contribution in [0, 0.1) is 5.41 Å². The van der Waals surface area contributed by atoms with Crippen LogP contribution in [-0.2, 0) is 4.74 Å². The quantitative estimate of drug-likeness (QED) is 0.334. The lowest BCUT2D eigenvalue weighted by Gasteiger charge is -2.12. The first-order valence-electron chi connectivity index (χ1n) is 7.29. The van der Waals surface area contributed by atoms with E-state index in [0.717, 1.165) is 12.8 Å². The molecule has 2 rings (SSSR count). The lowest BCUT2D eigenvalue weighted by molar-refractivity contribution is 0.0496. The molecule has 0 heterocycles. The van der Waals surface area contributed by atoms with Crippen LogP contribution in [0.2, 0.25) is 15.1 Å². The molecule has 0 radical (unpaired) electrons. The Morgan fingerprint density at radius 1 is 1.24 bits per heavy atom. The number of unbranched alkanes of at least 4 members (excludes halogenated alkanes) is 1. The molecule has 1 saturated carbocycles. The zero-order valence-corrected chi connectivity index (χ0v) is 14.3. The molecule has 0 amide bonds. The number of ether oxygens (including phenoxy) is 1. The van der Waals surface area contributed by atoms with E-state index in [4.69, 9.17) is 39.5 Å². The number of carbonyl (C=O) groups excluding carboxylic acids is 1. The van der Waals surface area contributed by atoms with Crippen LogP contribution >= 0.6 is 34.8 Å². The van der Waals surface area contributed by atoms with Crippen molar-refractivity contribution in [1.82, 2.24) is 0 Å². The minimum atomic E-state index is -0.471. The summed E-state index contributed by atoms with van der Waals surface area (Å²) >= 11 is 17.8. The van der Waals surface area contributed by atoms with E-state index in [9.17, 15) is 4.79 Å². The first-order chi connectivity index (χ1) is 9.97. The summed E-state index contributed by atoms with van der Waals surface area (Å²) in [5, 5.41) is 0.818. The van der Waals surface area contributed by atoms with Crippen molar-refractivity contribution in [2.75, 3.05) is 6.61 Å². The molecule has 0 spiro atoms. The molecular weight excluding hydrogens is 331 g/mol. The molecule has 116 valence electrons. The largest absolute Gasteiger partial charge is 0.462 e. The van der Waals surface area contributed by atoms with Crippen LogP contribution in [0.5, 0.6) is 0 Å². The molecule has 0 aromatic heterocycles. The highest BCUT2D eigenvalue weighted by atomic mass is 35.5. The molecule has 21 heavy (non-hydrogen) atoms. The lowest BCUT2D eigenvalue weighted by Crippen LogP contribution is -2.08. The van der Waals surface area contributed by atoms with E-state index in [0.29, 0.717) is 17.0 Å². The van der Waals surface area contributed by atoms with Gasteiger partial charge in [0, 0.05) is 5.02 Å². The number of benzene rings is 1. The molecule has 1 aliphatic rings. The minimum absolute atomic E-state index is 0.189. The predicted molar refractivity (Wildman–Crippen MR) is 87.6 cm³/mol. The molecule has 1 aliphatic carbocycles. The third kappa shape index (κ3) is 4.51. The molecule has 5 heteroatoms. The second kappa shape index (κ2) is 7.21. The van der Waals surface area contributed by atoms with Crippen molar-refractivity contribution >= 4 is 40.8 Å². The van der Waals surface area contributed by atoms with E-state index in [1.165, 1.54) is 37.8 Å². The average molecular weight is 350 g/mol. The normalized spacial score (nSPS) is 15.8. The summed E-state index contributed by atoms with van der Waals surface area (Å²) in [6, 6.07) is 2.98. The number of halogens is 3. The van der Waals surface area contributed by atoms with Gasteiger partial charge in [0.05, 0.1) is 22.2 Å². The molecule has 1 aromatic carbocycles. The van der Waals surface area contributed by atoms with Crippen LogP contribution in [0.1, 0.15) is 55.8 Å². The summed E-state index contributed by atoms with van der Waals surface area (Å²) in [4.78, 5) is 12.0. The maximum Gasteiger partial charge on any atom is 0.339 e. The van der Waals surface area contributed by atoms with Crippen LogP contribution in [0.4, 0.5) is 0 Å². The summed E-state index contributed by atoms with van der Waals surface area (Å²) in [5.41, 5.74) is 0.815. The number of carbonyl (C=O) groups is 1. The SMILES string of the molecule is CCC1(CCCCOC(=O)c2cc(Cl)cc(Cl)c2Cl)CC1. The number of esters is 1. The third-order valence-electron chi connectivity index (χ3n) is 4.25. The van der Waals surface area contributed by atoms with Gasteiger partial charge in [-0.05, 0) is 49.7 Å². The molecule has 0 unspecified atom stereocenters. The Bertz CT molecular complexity index is 524. The highest BCUT2D eigenvalue weighted by Gasteiger charge is 2.39. The first kappa shape index (κ1) is 16.9. The molecule has 0 atom stereocenters. The standard InChI is InChI=1S/C16H19Cl3O2/c1-2-16(6-7-16)5-3-4-8-21-15(20)12-9-11(17)10-13(18)14(12)19/h9-10H,2-8H2,1H3. The van der Waals surface area contributed by atoms with E-state index in [2.05, 4.69) is 6.92 Å². The van der Waals surface area contributed by atoms with Gasteiger partial charge >= 0.3 is 5.97 Å². The Balaban J connectivity index is 1.77. The number of hydrogen-bond acceptors (Lipinski definition) is 2. The van der Waals surface area contributed by atoms with Crippen LogP contribution in [0.25, 0.3) is 0 Å². The van der Waals surface area contributed by atoms with Crippen molar-refractivity contribution in [3.63, 3.8) is 0 Å². The van der Waals surface area contributed by atoms with Crippen LogP contribution in [0.3, 0.4) is 0 Å². The van der Waals surface area contributed by atoms with Gasteiger partial charge in [-0.3, -0.25) is 0 Å². The Hall–Kier alpha value is -0.440. The van der Waals surface area contributed by atoms with Gasteiger partial charge in [0.25, 0.3) is 0 Å². The summed E-state index contributed by atoms with van der Waals surface area (Å²) in [6.07, 6.45) is 7.14. The van der Waals surface area contributed by atoms with E-state index >= 15 is 0 Å². The topological polar surface area (TPSA) is 26.3 Å². The van der Waals surface area contributed by atoms with Gasteiger partial charge in [0.2, 0.25) is 0 Å². The van der Waals surface area contributed by atoms with E-state index < -0.39 is 5.97 Å².